The van der Waals surface area contributed by atoms with E-state index in [0.717, 1.165) is 44.9 Å². The molecule has 3 N–H and O–H groups in total. The van der Waals surface area contributed by atoms with Crippen LogP contribution in [0.4, 0.5) is 4.79 Å². The minimum Gasteiger partial charge on any atom is -0.480 e. The summed E-state index contributed by atoms with van der Waals surface area (Å²) in [5.74, 6) is -0.613. The van der Waals surface area contributed by atoms with Crippen molar-refractivity contribution in [1.82, 2.24) is 10.2 Å². The standard InChI is InChI=1S/C15H26N2O4/c18-10-11-6-8-17(9-7-11)15(21)16-13(14(19)20)12-4-2-1-3-5-12/h11-13,18H,1-10H2,(H,16,21)(H,19,20). The molecule has 120 valence electrons. The van der Waals surface area contributed by atoms with Gasteiger partial charge in [-0.15, -0.1) is 0 Å². The van der Waals surface area contributed by atoms with Crippen molar-refractivity contribution >= 4 is 12.0 Å². The quantitative estimate of drug-likeness (QED) is 0.732. The summed E-state index contributed by atoms with van der Waals surface area (Å²) in [6.45, 7) is 1.34. The number of likely N-dealkylation sites (tertiary alicyclic amines) is 1. The number of carbonyl (C=O) groups excluding carboxylic acids is 1. The molecule has 0 spiro atoms. The Morgan fingerprint density at radius 3 is 2.24 bits per heavy atom. The lowest BCUT2D eigenvalue weighted by molar-refractivity contribution is -0.141. The SMILES string of the molecule is O=C(O)C(NC(=O)N1CCC(CO)CC1)C1CCCCC1. The molecule has 0 bridgehead atoms. The lowest BCUT2D eigenvalue weighted by Crippen LogP contribution is -2.53. The number of carboxylic acids is 1. The van der Waals surface area contributed by atoms with Gasteiger partial charge in [-0.05, 0) is 37.5 Å². The van der Waals surface area contributed by atoms with E-state index < -0.39 is 12.0 Å². The molecule has 1 aliphatic carbocycles. The first kappa shape index (κ1) is 16.1. The molecule has 2 rings (SSSR count). The molecule has 1 atom stereocenters. The largest absolute Gasteiger partial charge is 0.480 e. The van der Waals surface area contributed by atoms with Gasteiger partial charge in [0.15, 0.2) is 0 Å². The topological polar surface area (TPSA) is 89.9 Å². The number of aliphatic carboxylic acids is 1. The van der Waals surface area contributed by atoms with Crippen molar-refractivity contribution in [2.45, 2.75) is 51.0 Å². The zero-order valence-electron chi connectivity index (χ0n) is 12.5. The van der Waals surface area contributed by atoms with Crippen molar-refractivity contribution in [3.63, 3.8) is 0 Å². The highest BCUT2D eigenvalue weighted by molar-refractivity contribution is 5.82. The Morgan fingerprint density at radius 2 is 1.71 bits per heavy atom. The molecule has 0 aromatic carbocycles. The van der Waals surface area contributed by atoms with Gasteiger partial charge in [0, 0.05) is 19.7 Å². The molecular weight excluding hydrogens is 272 g/mol. The molecule has 1 saturated carbocycles. The monoisotopic (exact) mass is 298 g/mol. The summed E-state index contributed by atoms with van der Waals surface area (Å²) in [5, 5.41) is 21.2. The third kappa shape index (κ3) is 4.33. The number of nitrogens with zero attached hydrogens (tertiary/aromatic N) is 1. The highest BCUT2D eigenvalue weighted by atomic mass is 16.4. The van der Waals surface area contributed by atoms with Gasteiger partial charge in [-0.2, -0.15) is 0 Å². The summed E-state index contributed by atoms with van der Waals surface area (Å²) in [6.07, 6.45) is 6.58. The van der Waals surface area contributed by atoms with Crippen LogP contribution in [-0.4, -0.2) is 52.9 Å². The first-order valence-electron chi connectivity index (χ1n) is 8.01. The molecule has 0 aromatic heterocycles. The summed E-state index contributed by atoms with van der Waals surface area (Å²) in [6, 6.07) is -1.04. The van der Waals surface area contributed by atoms with Crippen LogP contribution in [0.1, 0.15) is 44.9 Å². The van der Waals surface area contributed by atoms with Crippen LogP contribution >= 0.6 is 0 Å². The molecule has 2 fully saturated rings. The first-order chi connectivity index (χ1) is 10.1. The van der Waals surface area contributed by atoms with E-state index in [2.05, 4.69) is 5.32 Å². The minimum absolute atomic E-state index is 0.0511. The van der Waals surface area contributed by atoms with Gasteiger partial charge in [0.25, 0.3) is 0 Å². The van der Waals surface area contributed by atoms with Crippen LogP contribution in [-0.2, 0) is 4.79 Å². The molecule has 2 aliphatic rings. The number of piperidine rings is 1. The third-order valence-electron chi connectivity index (χ3n) is 4.83. The van der Waals surface area contributed by atoms with Gasteiger partial charge >= 0.3 is 12.0 Å². The Morgan fingerprint density at radius 1 is 1.10 bits per heavy atom. The maximum atomic E-state index is 12.2. The van der Waals surface area contributed by atoms with Gasteiger partial charge in [-0.25, -0.2) is 9.59 Å². The van der Waals surface area contributed by atoms with Crippen LogP contribution in [0.3, 0.4) is 0 Å². The molecule has 1 aliphatic heterocycles. The molecule has 21 heavy (non-hydrogen) atoms. The fourth-order valence-electron chi connectivity index (χ4n) is 3.39. The lowest BCUT2D eigenvalue weighted by Gasteiger charge is -2.34. The number of hydrogen-bond acceptors (Lipinski definition) is 3. The third-order valence-corrected chi connectivity index (χ3v) is 4.83. The van der Waals surface area contributed by atoms with Gasteiger partial charge in [-0.3, -0.25) is 0 Å². The van der Waals surface area contributed by atoms with Crippen molar-refractivity contribution in [1.29, 1.82) is 0 Å². The number of hydrogen-bond donors (Lipinski definition) is 3. The van der Waals surface area contributed by atoms with Crippen molar-refractivity contribution in [3.05, 3.63) is 0 Å². The van der Waals surface area contributed by atoms with Crippen molar-refractivity contribution < 1.29 is 19.8 Å². The zero-order valence-corrected chi connectivity index (χ0v) is 12.5. The Bertz CT molecular complexity index is 361. The van der Waals surface area contributed by atoms with E-state index in [1.54, 1.807) is 4.90 Å². The average Bonchev–Trinajstić information content (AvgIpc) is 2.53. The fourth-order valence-corrected chi connectivity index (χ4v) is 3.39. The second-order valence-corrected chi connectivity index (χ2v) is 6.28. The summed E-state index contributed by atoms with van der Waals surface area (Å²) in [4.78, 5) is 25.4. The van der Waals surface area contributed by atoms with Gasteiger partial charge in [0.2, 0.25) is 0 Å². The first-order valence-corrected chi connectivity index (χ1v) is 8.01. The predicted octanol–water partition coefficient (Wildman–Crippen LogP) is 1.43. The number of amides is 2. The number of urea groups is 1. The van der Waals surface area contributed by atoms with Crippen LogP contribution < -0.4 is 5.32 Å². The van der Waals surface area contributed by atoms with Gasteiger partial charge in [-0.1, -0.05) is 19.3 Å². The summed E-state index contributed by atoms with van der Waals surface area (Å²) >= 11 is 0. The number of carboxylic acid groups (broad SMARTS) is 1. The molecular formula is C15H26N2O4. The Hall–Kier alpha value is -1.30. The zero-order chi connectivity index (χ0) is 15.2. The van der Waals surface area contributed by atoms with E-state index >= 15 is 0 Å². The van der Waals surface area contributed by atoms with Crippen LogP contribution in [0.5, 0.6) is 0 Å². The van der Waals surface area contributed by atoms with Crippen molar-refractivity contribution in [3.8, 4) is 0 Å². The van der Waals surface area contributed by atoms with E-state index in [1.807, 2.05) is 0 Å². The van der Waals surface area contributed by atoms with Gasteiger partial charge in [0.1, 0.15) is 6.04 Å². The van der Waals surface area contributed by atoms with E-state index in [9.17, 15) is 14.7 Å². The van der Waals surface area contributed by atoms with E-state index in [0.29, 0.717) is 13.1 Å². The number of aliphatic hydroxyl groups excluding tert-OH is 1. The van der Waals surface area contributed by atoms with Crippen LogP contribution in [0.15, 0.2) is 0 Å². The highest BCUT2D eigenvalue weighted by Crippen LogP contribution is 2.27. The second kappa shape index (κ2) is 7.64. The second-order valence-electron chi connectivity index (χ2n) is 6.28. The van der Waals surface area contributed by atoms with Crippen LogP contribution in [0, 0.1) is 11.8 Å². The van der Waals surface area contributed by atoms with Crippen molar-refractivity contribution in [2.75, 3.05) is 19.7 Å². The minimum atomic E-state index is -0.930. The average molecular weight is 298 g/mol. The number of nitrogens with one attached hydrogen (secondary N) is 1. The Kier molecular flexibility index (Phi) is 5.85. The molecule has 1 unspecified atom stereocenters. The molecule has 0 aromatic rings. The predicted molar refractivity (Wildman–Crippen MR) is 77.9 cm³/mol. The smallest absolute Gasteiger partial charge is 0.326 e. The number of rotatable bonds is 4. The molecule has 6 heteroatoms. The molecule has 0 radical (unpaired) electrons. The van der Waals surface area contributed by atoms with E-state index in [-0.39, 0.29) is 24.5 Å². The van der Waals surface area contributed by atoms with Crippen LogP contribution in [0.2, 0.25) is 0 Å². The highest BCUT2D eigenvalue weighted by Gasteiger charge is 2.32. The number of carbonyl (C=O) groups is 2. The van der Waals surface area contributed by atoms with Crippen LogP contribution in [0.25, 0.3) is 0 Å². The lowest BCUT2D eigenvalue weighted by atomic mass is 9.84. The molecule has 1 saturated heterocycles. The molecule has 6 nitrogen and oxygen atoms in total. The molecule has 2 amide bonds. The van der Waals surface area contributed by atoms with Gasteiger partial charge < -0.3 is 20.4 Å². The van der Waals surface area contributed by atoms with Crippen molar-refractivity contribution in [2.24, 2.45) is 11.8 Å². The summed E-state index contributed by atoms with van der Waals surface area (Å²) in [5.41, 5.74) is 0. The van der Waals surface area contributed by atoms with E-state index in [1.165, 1.54) is 0 Å². The normalized spacial score (nSPS) is 22.8. The molecule has 1 heterocycles. The fraction of sp³-hybridized carbons (Fsp3) is 0.867. The maximum absolute atomic E-state index is 12.2. The summed E-state index contributed by atoms with van der Waals surface area (Å²) < 4.78 is 0. The van der Waals surface area contributed by atoms with E-state index in [4.69, 9.17) is 5.11 Å². The maximum Gasteiger partial charge on any atom is 0.326 e. The summed E-state index contributed by atoms with van der Waals surface area (Å²) in [7, 11) is 0. The number of aliphatic hydroxyl groups is 1. The Labute approximate surface area is 125 Å². The Balaban J connectivity index is 1.87. The van der Waals surface area contributed by atoms with Gasteiger partial charge in [0.05, 0.1) is 0 Å².